The number of aryl methyl sites for hydroxylation is 1. The number of halogens is 2. The van der Waals surface area contributed by atoms with Gasteiger partial charge in [-0.2, -0.15) is 0 Å². The summed E-state index contributed by atoms with van der Waals surface area (Å²) in [4.78, 5) is 12.1. The molecular weight excluding hydrogens is 340 g/mol. The van der Waals surface area contributed by atoms with E-state index in [2.05, 4.69) is 35.1 Å². The maximum atomic E-state index is 12.1. The highest BCUT2D eigenvalue weighted by atomic mass is 79.9. The van der Waals surface area contributed by atoms with Crippen molar-refractivity contribution < 1.29 is 4.79 Å². The Morgan fingerprint density at radius 1 is 1.45 bits per heavy atom. The molecule has 5 heteroatoms. The van der Waals surface area contributed by atoms with Crippen LogP contribution in [0.2, 0.25) is 5.02 Å². The number of nitrogens with one attached hydrogen (secondary N) is 1. The lowest BCUT2D eigenvalue weighted by Crippen LogP contribution is -2.23. The SMILES string of the molecule is Cc1cc(Br)c(NC(=O)C[C@@H](CN)CC(C)C)cc1Cl. The molecule has 0 unspecified atom stereocenters. The van der Waals surface area contributed by atoms with Crippen LogP contribution < -0.4 is 11.1 Å². The Kier molecular flexibility index (Phi) is 7.00. The molecule has 1 aromatic carbocycles. The third-order valence-electron chi connectivity index (χ3n) is 3.13. The Bertz CT molecular complexity index is 477. The molecule has 0 aliphatic heterocycles. The number of rotatable bonds is 6. The monoisotopic (exact) mass is 360 g/mol. The summed E-state index contributed by atoms with van der Waals surface area (Å²) < 4.78 is 0.834. The first-order valence-electron chi connectivity index (χ1n) is 6.79. The van der Waals surface area contributed by atoms with Gasteiger partial charge in [0.25, 0.3) is 0 Å². The predicted octanol–water partition coefficient (Wildman–Crippen LogP) is 4.36. The molecule has 20 heavy (non-hydrogen) atoms. The summed E-state index contributed by atoms with van der Waals surface area (Å²) >= 11 is 9.51. The lowest BCUT2D eigenvalue weighted by atomic mass is 9.94. The first-order chi connectivity index (χ1) is 9.33. The average Bonchev–Trinajstić information content (AvgIpc) is 2.34. The third-order valence-corrected chi connectivity index (χ3v) is 4.20. The van der Waals surface area contributed by atoms with E-state index in [1.54, 1.807) is 6.07 Å². The van der Waals surface area contributed by atoms with E-state index in [1.807, 2.05) is 13.0 Å². The molecule has 1 amide bonds. The summed E-state index contributed by atoms with van der Waals surface area (Å²) in [5.74, 6) is 0.730. The van der Waals surface area contributed by atoms with Gasteiger partial charge in [0.1, 0.15) is 0 Å². The zero-order chi connectivity index (χ0) is 15.3. The fraction of sp³-hybridized carbons (Fsp3) is 0.533. The van der Waals surface area contributed by atoms with Crippen LogP contribution >= 0.6 is 27.5 Å². The maximum Gasteiger partial charge on any atom is 0.224 e. The minimum absolute atomic E-state index is 0.0262. The highest BCUT2D eigenvalue weighted by Crippen LogP contribution is 2.29. The van der Waals surface area contributed by atoms with Gasteiger partial charge in [-0.05, 0) is 65.4 Å². The molecular formula is C15H22BrClN2O. The zero-order valence-electron chi connectivity index (χ0n) is 12.2. The van der Waals surface area contributed by atoms with Crippen molar-refractivity contribution in [2.24, 2.45) is 17.6 Å². The quantitative estimate of drug-likeness (QED) is 0.791. The minimum Gasteiger partial charge on any atom is -0.330 e. The fourth-order valence-electron chi connectivity index (χ4n) is 2.14. The van der Waals surface area contributed by atoms with Crippen molar-refractivity contribution >= 4 is 39.1 Å². The van der Waals surface area contributed by atoms with E-state index in [1.165, 1.54) is 0 Å². The molecule has 3 nitrogen and oxygen atoms in total. The Labute approximate surface area is 134 Å². The molecule has 1 aromatic rings. The third kappa shape index (κ3) is 5.43. The number of hydrogen-bond donors (Lipinski definition) is 2. The van der Waals surface area contributed by atoms with Crippen molar-refractivity contribution in [2.75, 3.05) is 11.9 Å². The summed E-state index contributed by atoms with van der Waals surface area (Å²) in [6.07, 6.45) is 1.40. The summed E-state index contributed by atoms with van der Waals surface area (Å²) in [5, 5.41) is 3.53. The normalized spacial score (nSPS) is 12.6. The number of benzene rings is 1. The van der Waals surface area contributed by atoms with Gasteiger partial charge in [-0.15, -0.1) is 0 Å². The van der Waals surface area contributed by atoms with Crippen molar-refractivity contribution in [1.29, 1.82) is 0 Å². The van der Waals surface area contributed by atoms with Crippen molar-refractivity contribution in [1.82, 2.24) is 0 Å². The fourth-order valence-corrected chi connectivity index (χ4v) is 2.86. The van der Waals surface area contributed by atoms with Crippen LogP contribution in [0.1, 0.15) is 32.3 Å². The molecule has 0 bridgehead atoms. The molecule has 0 saturated heterocycles. The van der Waals surface area contributed by atoms with Crippen molar-refractivity contribution in [3.63, 3.8) is 0 Å². The van der Waals surface area contributed by atoms with Gasteiger partial charge in [0.2, 0.25) is 5.91 Å². The van der Waals surface area contributed by atoms with Crippen LogP contribution in [0.15, 0.2) is 16.6 Å². The average molecular weight is 362 g/mol. The van der Waals surface area contributed by atoms with E-state index >= 15 is 0 Å². The molecule has 1 rings (SSSR count). The van der Waals surface area contributed by atoms with Gasteiger partial charge in [0.15, 0.2) is 0 Å². The Morgan fingerprint density at radius 3 is 2.65 bits per heavy atom. The molecule has 0 radical (unpaired) electrons. The molecule has 1 atom stereocenters. The van der Waals surface area contributed by atoms with Gasteiger partial charge in [-0.25, -0.2) is 0 Å². The van der Waals surface area contributed by atoms with Gasteiger partial charge < -0.3 is 11.1 Å². The Balaban J connectivity index is 2.68. The topological polar surface area (TPSA) is 55.1 Å². The van der Waals surface area contributed by atoms with Crippen molar-refractivity contribution in [3.8, 4) is 0 Å². The van der Waals surface area contributed by atoms with Gasteiger partial charge in [0.05, 0.1) is 5.69 Å². The van der Waals surface area contributed by atoms with Crippen LogP contribution in [0.5, 0.6) is 0 Å². The largest absolute Gasteiger partial charge is 0.330 e. The smallest absolute Gasteiger partial charge is 0.224 e. The van der Waals surface area contributed by atoms with Crippen LogP contribution in [0.4, 0.5) is 5.69 Å². The lowest BCUT2D eigenvalue weighted by molar-refractivity contribution is -0.117. The molecule has 3 N–H and O–H groups in total. The highest BCUT2D eigenvalue weighted by molar-refractivity contribution is 9.10. The van der Waals surface area contributed by atoms with E-state index in [0.29, 0.717) is 29.6 Å². The number of carbonyl (C=O) groups excluding carboxylic acids is 1. The summed E-state index contributed by atoms with van der Waals surface area (Å²) in [6.45, 7) is 6.72. The number of amides is 1. The second-order valence-electron chi connectivity index (χ2n) is 5.56. The second kappa shape index (κ2) is 8.01. The molecule has 0 heterocycles. The number of anilines is 1. The molecule has 112 valence electrons. The first-order valence-corrected chi connectivity index (χ1v) is 7.96. The van der Waals surface area contributed by atoms with E-state index in [-0.39, 0.29) is 11.8 Å². The first kappa shape index (κ1) is 17.5. The van der Waals surface area contributed by atoms with E-state index in [4.69, 9.17) is 17.3 Å². The van der Waals surface area contributed by atoms with Gasteiger partial charge >= 0.3 is 0 Å². The minimum atomic E-state index is -0.0262. The highest BCUT2D eigenvalue weighted by Gasteiger charge is 2.15. The predicted molar refractivity (Wildman–Crippen MR) is 89.1 cm³/mol. The van der Waals surface area contributed by atoms with Gasteiger partial charge in [0, 0.05) is 15.9 Å². The van der Waals surface area contributed by atoms with Crippen LogP contribution in [0.25, 0.3) is 0 Å². The van der Waals surface area contributed by atoms with Gasteiger partial charge in [-0.3, -0.25) is 4.79 Å². The number of hydrogen-bond acceptors (Lipinski definition) is 2. The molecule has 0 aromatic heterocycles. The van der Waals surface area contributed by atoms with Gasteiger partial charge in [-0.1, -0.05) is 25.4 Å². The molecule has 0 aliphatic rings. The van der Waals surface area contributed by atoms with Crippen LogP contribution in [-0.2, 0) is 4.79 Å². The van der Waals surface area contributed by atoms with Crippen LogP contribution in [0, 0.1) is 18.8 Å². The van der Waals surface area contributed by atoms with E-state index in [0.717, 1.165) is 16.5 Å². The standard InChI is InChI=1S/C15H22BrClN2O/c1-9(2)4-11(8-18)6-15(20)19-14-7-13(17)10(3)5-12(14)16/h5,7,9,11H,4,6,8,18H2,1-3H3,(H,19,20)/t11-/m0/s1. The zero-order valence-corrected chi connectivity index (χ0v) is 14.5. The molecule has 0 spiro atoms. The molecule has 0 aliphatic carbocycles. The molecule has 0 saturated carbocycles. The van der Waals surface area contributed by atoms with Crippen LogP contribution in [-0.4, -0.2) is 12.5 Å². The van der Waals surface area contributed by atoms with Crippen LogP contribution in [0.3, 0.4) is 0 Å². The lowest BCUT2D eigenvalue weighted by Gasteiger charge is -2.17. The maximum absolute atomic E-state index is 12.1. The number of nitrogens with two attached hydrogens (primary N) is 1. The molecule has 0 fully saturated rings. The number of carbonyl (C=O) groups is 1. The van der Waals surface area contributed by atoms with Crippen molar-refractivity contribution in [2.45, 2.75) is 33.6 Å². The summed E-state index contributed by atoms with van der Waals surface area (Å²) in [5.41, 5.74) is 7.39. The Hall–Kier alpha value is -0.580. The van der Waals surface area contributed by atoms with Crippen molar-refractivity contribution in [3.05, 3.63) is 27.2 Å². The summed E-state index contributed by atoms with van der Waals surface area (Å²) in [7, 11) is 0. The van der Waals surface area contributed by atoms with E-state index < -0.39 is 0 Å². The van der Waals surface area contributed by atoms with E-state index in [9.17, 15) is 4.79 Å². The second-order valence-corrected chi connectivity index (χ2v) is 6.83. The summed E-state index contributed by atoms with van der Waals surface area (Å²) in [6, 6.07) is 3.66. The Morgan fingerprint density at radius 2 is 2.10 bits per heavy atom.